The van der Waals surface area contributed by atoms with E-state index in [1.54, 1.807) is 0 Å². The van der Waals surface area contributed by atoms with Crippen LogP contribution in [0.15, 0.2) is 0 Å². The number of aliphatic carboxylic acids is 2. The minimum Gasteiger partial charge on any atom is -0.481 e. The molecule has 0 radical (unpaired) electrons. The van der Waals surface area contributed by atoms with Crippen molar-refractivity contribution in [2.24, 2.45) is 0 Å². The van der Waals surface area contributed by atoms with Gasteiger partial charge in [-0.05, 0) is 19.3 Å². The lowest BCUT2D eigenvalue weighted by atomic mass is 9.98. The molecular weight excluding hydrogens is 564 g/mol. The maximum Gasteiger partial charge on any atom is 0.317 e. The largest absolute Gasteiger partial charge is 0.481 e. The molecule has 250 valence electrons. The molecule has 43 heavy (non-hydrogen) atoms. The van der Waals surface area contributed by atoms with Crippen LogP contribution in [0, 0.1) is 0 Å². The number of hydrogen-bond acceptors (Lipinski definition) is 10. The SMILES string of the molecule is CCCCCCCCCC(CCCCCCCCCC(=O)O)O[C@H]1O[C@@H](COC(C)=O)[C@H](O)[C@@H](O)[C@@H]1OC(=O)CC(=O)O. The predicted molar refractivity (Wildman–Crippen MR) is 156 cm³/mol. The van der Waals surface area contributed by atoms with E-state index in [0.29, 0.717) is 19.3 Å². The highest BCUT2D eigenvalue weighted by Crippen LogP contribution is 2.28. The smallest absolute Gasteiger partial charge is 0.317 e. The maximum atomic E-state index is 12.2. The minimum atomic E-state index is -1.66. The Hall–Kier alpha value is -2.28. The van der Waals surface area contributed by atoms with Gasteiger partial charge in [0.2, 0.25) is 0 Å². The van der Waals surface area contributed by atoms with Gasteiger partial charge in [0.25, 0.3) is 0 Å². The summed E-state index contributed by atoms with van der Waals surface area (Å²) in [5, 5.41) is 39.1. The fourth-order valence-corrected chi connectivity index (χ4v) is 5.13. The predicted octanol–water partition coefficient (Wildman–Crippen LogP) is 4.50. The van der Waals surface area contributed by atoms with E-state index in [-0.39, 0.29) is 19.1 Å². The molecule has 0 aromatic rings. The van der Waals surface area contributed by atoms with E-state index in [0.717, 1.165) is 57.8 Å². The first-order valence-electron chi connectivity index (χ1n) is 16.0. The van der Waals surface area contributed by atoms with E-state index in [4.69, 9.17) is 29.2 Å². The standard InChI is InChI=1S/C31H54O12/c1-3-4-5-6-8-11-14-17-23(18-15-12-9-7-10-13-16-19-25(33)34)41-31-30(43-27(37)20-26(35)36)29(39)28(38)24(42-31)21-40-22(2)32/h23-24,28-31,38-39H,3-21H2,1-2H3,(H,33,34)(H,35,36)/t23?,24-,28-,29+,30-,31-/m0/s1. The number of carbonyl (C=O) groups is 4. The summed E-state index contributed by atoms with van der Waals surface area (Å²) in [4.78, 5) is 45.2. The molecule has 4 N–H and O–H groups in total. The number of aliphatic hydroxyl groups excluding tert-OH is 2. The van der Waals surface area contributed by atoms with E-state index >= 15 is 0 Å². The highest BCUT2D eigenvalue weighted by Gasteiger charge is 2.48. The van der Waals surface area contributed by atoms with Crippen molar-refractivity contribution in [3.63, 3.8) is 0 Å². The Bertz CT molecular complexity index is 804. The van der Waals surface area contributed by atoms with Crippen LogP contribution in [0.4, 0.5) is 0 Å². The Morgan fingerprint density at radius 2 is 1.28 bits per heavy atom. The molecular formula is C31H54O12. The second-order valence-corrected chi connectivity index (χ2v) is 11.4. The molecule has 0 bridgehead atoms. The molecule has 1 rings (SSSR count). The summed E-state index contributed by atoms with van der Waals surface area (Å²) in [6.45, 7) is 3.02. The van der Waals surface area contributed by atoms with Crippen LogP contribution in [-0.4, -0.2) is 87.7 Å². The molecule has 0 aromatic heterocycles. The van der Waals surface area contributed by atoms with Crippen molar-refractivity contribution in [2.45, 2.75) is 166 Å². The molecule has 12 heteroatoms. The first kappa shape index (κ1) is 38.7. The van der Waals surface area contributed by atoms with Gasteiger partial charge < -0.3 is 39.4 Å². The number of ether oxygens (including phenoxy) is 4. The van der Waals surface area contributed by atoms with Crippen LogP contribution in [-0.2, 0) is 38.1 Å². The molecule has 1 saturated heterocycles. The van der Waals surface area contributed by atoms with Gasteiger partial charge in [-0.2, -0.15) is 0 Å². The maximum absolute atomic E-state index is 12.2. The molecule has 1 unspecified atom stereocenters. The third-order valence-electron chi connectivity index (χ3n) is 7.53. The number of esters is 2. The molecule has 0 aromatic carbocycles. The summed E-state index contributed by atoms with van der Waals surface area (Å²) in [7, 11) is 0. The topological polar surface area (TPSA) is 186 Å². The second-order valence-electron chi connectivity index (χ2n) is 11.4. The molecule has 12 nitrogen and oxygen atoms in total. The molecule has 0 amide bonds. The highest BCUT2D eigenvalue weighted by molar-refractivity contribution is 5.90. The van der Waals surface area contributed by atoms with E-state index in [9.17, 15) is 29.4 Å². The molecule has 0 saturated carbocycles. The number of carboxylic acids is 2. The lowest BCUT2D eigenvalue weighted by molar-refractivity contribution is -0.315. The van der Waals surface area contributed by atoms with Gasteiger partial charge in [-0.15, -0.1) is 0 Å². The number of carbonyl (C=O) groups excluding carboxylic acids is 2. The molecule has 0 spiro atoms. The number of unbranched alkanes of at least 4 members (excludes halogenated alkanes) is 12. The van der Waals surface area contributed by atoms with Crippen LogP contribution in [0.1, 0.15) is 129 Å². The van der Waals surface area contributed by atoms with Gasteiger partial charge in [0.1, 0.15) is 31.3 Å². The molecule has 1 aliphatic heterocycles. The fraction of sp³-hybridized carbons (Fsp3) is 0.871. The lowest BCUT2D eigenvalue weighted by Crippen LogP contribution is -2.61. The summed E-state index contributed by atoms with van der Waals surface area (Å²) in [6, 6.07) is 0. The van der Waals surface area contributed by atoms with Crippen LogP contribution >= 0.6 is 0 Å². The van der Waals surface area contributed by atoms with Crippen molar-refractivity contribution >= 4 is 23.9 Å². The van der Waals surface area contributed by atoms with Crippen molar-refractivity contribution in [1.29, 1.82) is 0 Å². The van der Waals surface area contributed by atoms with Gasteiger partial charge >= 0.3 is 23.9 Å². The number of rotatable bonds is 25. The normalized spacial score (nSPS) is 22.6. The highest BCUT2D eigenvalue weighted by atomic mass is 16.7. The lowest BCUT2D eigenvalue weighted by Gasteiger charge is -2.42. The van der Waals surface area contributed by atoms with Gasteiger partial charge in [0.15, 0.2) is 12.4 Å². The number of carboxylic acid groups (broad SMARTS) is 2. The first-order valence-corrected chi connectivity index (χ1v) is 16.0. The van der Waals surface area contributed by atoms with Gasteiger partial charge in [0.05, 0.1) is 6.10 Å². The summed E-state index contributed by atoms with van der Waals surface area (Å²) in [5.41, 5.74) is 0. The van der Waals surface area contributed by atoms with Crippen LogP contribution in [0.25, 0.3) is 0 Å². The Morgan fingerprint density at radius 1 is 0.744 bits per heavy atom. The van der Waals surface area contributed by atoms with Gasteiger partial charge in [-0.25, -0.2) is 0 Å². The average molecular weight is 619 g/mol. The Morgan fingerprint density at radius 3 is 1.79 bits per heavy atom. The van der Waals surface area contributed by atoms with E-state index in [2.05, 4.69) is 6.92 Å². The molecule has 0 aliphatic carbocycles. The van der Waals surface area contributed by atoms with Crippen molar-refractivity contribution in [3.05, 3.63) is 0 Å². The molecule has 1 aliphatic rings. The zero-order valence-electron chi connectivity index (χ0n) is 26.0. The van der Waals surface area contributed by atoms with E-state index in [1.165, 1.54) is 32.6 Å². The molecule has 1 fully saturated rings. The Kier molecular flexibility index (Phi) is 20.9. The zero-order chi connectivity index (χ0) is 32.0. The van der Waals surface area contributed by atoms with Gasteiger partial charge in [0, 0.05) is 13.3 Å². The number of aliphatic hydroxyl groups is 2. The Balaban J connectivity index is 2.84. The van der Waals surface area contributed by atoms with Gasteiger partial charge in [-0.3, -0.25) is 19.2 Å². The summed E-state index contributed by atoms with van der Waals surface area (Å²) in [6.07, 6.45) is 7.37. The zero-order valence-corrected chi connectivity index (χ0v) is 26.0. The van der Waals surface area contributed by atoms with Crippen molar-refractivity contribution < 1.29 is 58.6 Å². The van der Waals surface area contributed by atoms with Crippen molar-refractivity contribution in [1.82, 2.24) is 0 Å². The third-order valence-corrected chi connectivity index (χ3v) is 7.53. The van der Waals surface area contributed by atoms with Crippen LogP contribution < -0.4 is 0 Å². The quantitative estimate of drug-likeness (QED) is 0.0638. The van der Waals surface area contributed by atoms with Crippen LogP contribution in [0.2, 0.25) is 0 Å². The van der Waals surface area contributed by atoms with E-state index in [1.807, 2.05) is 0 Å². The summed E-state index contributed by atoms with van der Waals surface area (Å²) in [5.74, 6) is -3.88. The van der Waals surface area contributed by atoms with Crippen molar-refractivity contribution in [2.75, 3.05) is 6.61 Å². The van der Waals surface area contributed by atoms with Gasteiger partial charge in [-0.1, -0.05) is 90.4 Å². The summed E-state index contributed by atoms with van der Waals surface area (Å²) < 4.78 is 22.4. The minimum absolute atomic E-state index is 0.195. The fourth-order valence-electron chi connectivity index (χ4n) is 5.13. The third kappa shape index (κ3) is 18.2. The van der Waals surface area contributed by atoms with E-state index < -0.39 is 61.0 Å². The monoisotopic (exact) mass is 618 g/mol. The molecule has 6 atom stereocenters. The summed E-state index contributed by atoms with van der Waals surface area (Å²) >= 11 is 0. The van der Waals surface area contributed by atoms with Crippen LogP contribution in [0.3, 0.4) is 0 Å². The molecule has 1 heterocycles. The number of hydrogen-bond donors (Lipinski definition) is 4. The van der Waals surface area contributed by atoms with Crippen LogP contribution in [0.5, 0.6) is 0 Å². The van der Waals surface area contributed by atoms with Crippen molar-refractivity contribution in [3.8, 4) is 0 Å². The Labute approximate surface area is 255 Å². The first-order chi connectivity index (χ1) is 20.5. The average Bonchev–Trinajstić information content (AvgIpc) is 2.93. The second kappa shape index (κ2) is 23.1.